The van der Waals surface area contributed by atoms with Gasteiger partial charge in [0, 0.05) is 36.5 Å². The quantitative estimate of drug-likeness (QED) is 0.513. The molecule has 0 amide bonds. The van der Waals surface area contributed by atoms with Crippen LogP contribution in [0.1, 0.15) is 6.92 Å². The highest BCUT2D eigenvalue weighted by Crippen LogP contribution is 2.36. The Bertz CT molecular complexity index is 1160. The largest absolute Gasteiger partial charge is 0.492 e. The van der Waals surface area contributed by atoms with Gasteiger partial charge in [-0.15, -0.1) is 0 Å². The number of benzene rings is 2. The van der Waals surface area contributed by atoms with Crippen LogP contribution in [0.5, 0.6) is 5.75 Å². The number of anilines is 1. The maximum absolute atomic E-state index is 13.7. The normalized spacial score (nSPS) is 10.9. The summed E-state index contributed by atoms with van der Waals surface area (Å²) in [7, 11) is 1.75. The highest BCUT2D eigenvalue weighted by atomic mass is 19.1. The number of ether oxygens (including phenoxy) is 1. The van der Waals surface area contributed by atoms with Gasteiger partial charge in [0.25, 0.3) is 0 Å². The highest BCUT2D eigenvalue weighted by molar-refractivity contribution is 5.97. The molecule has 146 valence electrons. The van der Waals surface area contributed by atoms with Gasteiger partial charge < -0.3 is 10.1 Å². The van der Waals surface area contributed by atoms with Gasteiger partial charge in [0.2, 0.25) is 0 Å². The Morgan fingerprint density at radius 1 is 0.966 bits per heavy atom. The third-order valence-electron chi connectivity index (χ3n) is 4.42. The summed E-state index contributed by atoms with van der Waals surface area (Å²) in [6.07, 6.45) is 3.37. The molecule has 0 unspecified atom stereocenters. The lowest BCUT2D eigenvalue weighted by molar-refractivity contribution is 0.344. The van der Waals surface area contributed by atoms with Crippen molar-refractivity contribution < 1.29 is 13.5 Å². The van der Waals surface area contributed by atoms with Crippen molar-refractivity contribution in [3.8, 4) is 28.3 Å². The summed E-state index contributed by atoms with van der Waals surface area (Å²) in [4.78, 5) is 13.4. The zero-order valence-electron chi connectivity index (χ0n) is 15.9. The van der Waals surface area contributed by atoms with E-state index in [9.17, 15) is 8.78 Å². The molecule has 0 aliphatic heterocycles. The first-order chi connectivity index (χ1) is 14.1. The van der Waals surface area contributed by atoms with Gasteiger partial charge in [0.1, 0.15) is 28.7 Å². The van der Waals surface area contributed by atoms with Crippen molar-refractivity contribution in [3.05, 3.63) is 66.5 Å². The Hall–Kier alpha value is -3.61. The van der Waals surface area contributed by atoms with Crippen molar-refractivity contribution in [2.45, 2.75) is 6.92 Å². The standard InChI is InChI=1S/C22H18F2N4O/c1-3-29-19-10-15(14-7-16(23)11-17(24)8-14)9-18-20(19)27-21(28-22(18)25-2)13-5-4-6-26-12-13/h4-12H,3H2,1-2H3,(H,25,27,28). The van der Waals surface area contributed by atoms with Gasteiger partial charge in [0.15, 0.2) is 5.82 Å². The fourth-order valence-electron chi connectivity index (χ4n) is 3.17. The third kappa shape index (κ3) is 3.71. The topological polar surface area (TPSA) is 59.9 Å². The first kappa shape index (κ1) is 18.7. The fourth-order valence-corrected chi connectivity index (χ4v) is 3.17. The maximum atomic E-state index is 13.7. The smallest absolute Gasteiger partial charge is 0.163 e. The minimum absolute atomic E-state index is 0.406. The number of rotatable bonds is 5. The van der Waals surface area contributed by atoms with E-state index in [-0.39, 0.29) is 0 Å². The second-order valence-corrected chi connectivity index (χ2v) is 6.35. The zero-order valence-corrected chi connectivity index (χ0v) is 15.9. The zero-order chi connectivity index (χ0) is 20.4. The molecule has 29 heavy (non-hydrogen) atoms. The van der Waals surface area contributed by atoms with E-state index < -0.39 is 11.6 Å². The van der Waals surface area contributed by atoms with Crippen LogP contribution in [0.15, 0.2) is 54.9 Å². The van der Waals surface area contributed by atoms with Crippen LogP contribution in [0.3, 0.4) is 0 Å². The van der Waals surface area contributed by atoms with Gasteiger partial charge in [-0.3, -0.25) is 4.98 Å². The Morgan fingerprint density at radius 3 is 2.38 bits per heavy atom. The molecule has 0 aliphatic carbocycles. The molecule has 5 nitrogen and oxygen atoms in total. The van der Waals surface area contributed by atoms with E-state index in [1.54, 1.807) is 31.6 Å². The molecule has 2 aromatic heterocycles. The summed E-state index contributed by atoms with van der Waals surface area (Å²) in [5.74, 6) is 0.299. The molecule has 0 atom stereocenters. The number of hydrogen-bond donors (Lipinski definition) is 1. The van der Waals surface area contributed by atoms with E-state index in [0.717, 1.165) is 11.6 Å². The summed E-state index contributed by atoms with van der Waals surface area (Å²) >= 11 is 0. The second kappa shape index (κ2) is 7.79. The van der Waals surface area contributed by atoms with E-state index in [0.29, 0.717) is 46.0 Å². The van der Waals surface area contributed by atoms with Crippen LogP contribution in [0.25, 0.3) is 33.4 Å². The van der Waals surface area contributed by atoms with Crippen molar-refractivity contribution in [1.29, 1.82) is 0 Å². The fraction of sp³-hybridized carbons (Fsp3) is 0.136. The van der Waals surface area contributed by atoms with Crippen LogP contribution in [0, 0.1) is 11.6 Å². The van der Waals surface area contributed by atoms with Crippen LogP contribution in [0.2, 0.25) is 0 Å². The lowest BCUT2D eigenvalue weighted by Gasteiger charge is -2.14. The van der Waals surface area contributed by atoms with Crippen molar-refractivity contribution in [2.75, 3.05) is 19.0 Å². The summed E-state index contributed by atoms with van der Waals surface area (Å²) in [6.45, 7) is 2.28. The summed E-state index contributed by atoms with van der Waals surface area (Å²) in [5, 5.41) is 3.76. The molecule has 0 fully saturated rings. The van der Waals surface area contributed by atoms with E-state index in [1.165, 1.54) is 12.1 Å². The van der Waals surface area contributed by atoms with Crippen molar-refractivity contribution >= 4 is 16.7 Å². The minimum Gasteiger partial charge on any atom is -0.492 e. The van der Waals surface area contributed by atoms with Crippen LogP contribution in [-0.2, 0) is 0 Å². The highest BCUT2D eigenvalue weighted by Gasteiger charge is 2.16. The van der Waals surface area contributed by atoms with Crippen LogP contribution in [0.4, 0.5) is 14.6 Å². The Labute approximate surface area is 166 Å². The predicted octanol–water partition coefficient (Wildman–Crippen LogP) is 5.08. The first-order valence-corrected chi connectivity index (χ1v) is 9.12. The number of hydrogen-bond acceptors (Lipinski definition) is 5. The van der Waals surface area contributed by atoms with Crippen LogP contribution in [-0.4, -0.2) is 28.6 Å². The number of pyridine rings is 1. The molecule has 0 spiro atoms. The maximum Gasteiger partial charge on any atom is 0.163 e. The van der Waals surface area contributed by atoms with Crippen molar-refractivity contribution in [3.63, 3.8) is 0 Å². The minimum atomic E-state index is -0.643. The van der Waals surface area contributed by atoms with Gasteiger partial charge in [0.05, 0.1) is 6.61 Å². The average molecular weight is 392 g/mol. The summed E-state index contributed by atoms with van der Waals surface area (Å²) in [6, 6.07) is 10.6. The lowest BCUT2D eigenvalue weighted by atomic mass is 10.0. The monoisotopic (exact) mass is 392 g/mol. The molecular formula is C22H18F2N4O. The van der Waals surface area contributed by atoms with Crippen molar-refractivity contribution in [2.24, 2.45) is 0 Å². The molecule has 2 heterocycles. The Balaban J connectivity index is 1.98. The molecular weight excluding hydrogens is 374 g/mol. The molecule has 0 saturated carbocycles. The van der Waals surface area contributed by atoms with Crippen LogP contribution >= 0.6 is 0 Å². The van der Waals surface area contributed by atoms with E-state index in [4.69, 9.17) is 4.74 Å². The van der Waals surface area contributed by atoms with E-state index in [2.05, 4.69) is 20.3 Å². The van der Waals surface area contributed by atoms with E-state index in [1.807, 2.05) is 19.1 Å². The Kier molecular flexibility index (Phi) is 5.03. The molecule has 0 saturated heterocycles. The number of nitrogens with one attached hydrogen (secondary N) is 1. The van der Waals surface area contributed by atoms with Gasteiger partial charge in [-0.1, -0.05) is 0 Å². The van der Waals surface area contributed by atoms with Gasteiger partial charge >= 0.3 is 0 Å². The molecule has 0 radical (unpaired) electrons. The predicted molar refractivity (Wildman–Crippen MR) is 109 cm³/mol. The average Bonchev–Trinajstić information content (AvgIpc) is 2.73. The summed E-state index contributed by atoms with van der Waals surface area (Å²) < 4.78 is 33.3. The first-order valence-electron chi connectivity index (χ1n) is 9.12. The van der Waals surface area contributed by atoms with Gasteiger partial charge in [-0.25, -0.2) is 18.7 Å². The second-order valence-electron chi connectivity index (χ2n) is 6.35. The SMILES string of the molecule is CCOc1cc(-c2cc(F)cc(F)c2)cc2c(NC)nc(-c3cccnc3)nc12. The third-order valence-corrected chi connectivity index (χ3v) is 4.42. The number of fused-ring (bicyclic) bond motifs is 1. The molecule has 0 aliphatic rings. The molecule has 4 rings (SSSR count). The van der Waals surface area contributed by atoms with E-state index >= 15 is 0 Å². The summed E-state index contributed by atoms with van der Waals surface area (Å²) in [5.41, 5.74) is 2.38. The van der Waals surface area contributed by atoms with Crippen LogP contribution < -0.4 is 10.1 Å². The van der Waals surface area contributed by atoms with Gasteiger partial charge in [-0.2, -0.15) is 0 Å². The number of nitrogens with zero attached hydrogens (tertiary/aromatic N) is 3. The Morgan fingerprint density at radius 2 is 1.72 bits per heavy atom. The number of aromatic nitrogens is 3. The molecule has 1 N–H and O–H groups in total. The molecule has 4 aromatic rings. The van der Waals surface area contributed by atoms with Gasteiger partial charge in [-0.05, 0) is 54.4 Å². The molecule has 0 bridgehead atoms. The molecule has 7 heteroatoms. The molecule has 2 aromatic carbocycles. The lowest BCUT2D eigenvalue weighted by Crippen LogP contribution is -2.02. The number of halogens is 2. The van der Waals surface area contributed by atoms with Crippen molar-refractivity contribution in [1.82, 2.24) is 15.0 Å².